The van der Waals surface area contributed by atoms with Gasteiger partial charge in [-0.2, -0.15) is 0 Å². The largest absolute Gasteiger partial charge is 0.480 e. The minimum Gasteiger partial charge on any atom is -0.480 e. The summed E-state index contributed by atoms with van der Waals surface area (Å²) < 4.78 is 5.39. The number of carbonyl (C=O) groups is 3. The number of urea groups is 1. The molecule has 1 rings (SSSR count). The summed E-state index contributed by atoms with van der Waals surface area (Å²) in [7, 11) is 0. The molecule has 8 heteroatoms. The molecule has 1 atom stereocenters. The van der Waals surface area contributed by atoms with Crippen LogP contribution < -0.4 is 11.1 Å². The zero-order chi connectivity index (χ0) is 14.3. The van der Waals surface area contributed by atoms with Gasteiger partial charge in [0.15, 0.2) is 0 Å². The van der Waals surface area contributed by atoms with Crippen molar-refractivity contribution >= 4 is 17.9 Å². The van der Waals surface area contributed by atoms with Gasteiger partial charge < -0.3 is 25.8 Å². The normalized spacial score (nSPS) is 18.0. The summed E-state index contributed by atoms with van der Waals surface area (Å²) in [5, 5.41) is 11.2. The first-order valence-electron chi connectivity index (χ1n) is 6.13. The summed E-state index contributed by atoms with van der Waals surface area (Å²) in [6.07, 6.45) is 2.80. The number of carboxylic acids is 1. The van der Waals surface area contributed by atoms with Gasteiger partial charge in [-0.1, -0.05) is 0 Å². The van der Waals surface area contributed by atoms with Crippen molar-refractivity contribution < 1.29 is 24.2 Å². The molecule has 1 aliphatic rings. The number of nitrogens with one attached hydrogen (secondary N) is 1. The van der Waals surface area contributed by atoms with Gasteiger partial charge in [0.25, 0.3) is 0 Å². The van der Waals surface area contributed by atoms with Gasteiger partial charge in [-0.3, -0.25) is 9.59 Å². The van der Waals surface area contributed by atoms with Gasteiger partial charge in [-0.25, -0.2) is 4.79 Å². The molecule has 1 fully saturated rings. The van der Waals surface area contributed by atoms with Crippen LogP contribution in [0.25, 0.3) is 0 Å². The van der Waals surface area contributed by atoms with Crippen molar-refractivity contribution in [3.63, 3.8) is 0 Å². The molecule has 1 aliphatic heterocycles. The summed E-state index contributed by atoms with van der Waals surface area (Å²) in [5.74, 6) is -1.95. The number of hydrogen-bond acceptors (Lipinski definition) is 4. The first kappa shape index (κ1) is 15.2. The fraction of sp³-hybridized carbons (Fsp3) is 0.727. The van der Waals surface area contributed by atoms with Crippen LogP contribution in [0.5, 0.6) is 0 Å². The molecule has 0 aromatic carbocycles. The Labute approximate surface area is 110 Å². The Morgan fingerprint density at radius 1 is 1.37 bits per heavy atom. The van der Waals surface area contributed by atoms with Crippen LogP contribution in [0.15, 0.2) is 0 Å². The lowest BCUT2D eigenvalue weighted by molar-refractivity contribution is -0.137. The number of ether oxygens (including phenoxy) is 1. The molecule has 0 radical (unpaired) electrons. The third-order valence-corrected chi connectivity index (χ3v) is 2.73. The molecule has 0 spiro atoms. The molecule has 0 aliphatic carbocycles. The topological polar surface area (TPSA) is 122 Å². The molecule has 1 unspecified atom stereocenters. The van der Waals surface area contributed by atoms with E-state index in [9.17, 15) is 14.4 Å². The van der Waals surface area contributed by atoms with Gasteiger partial charge in [-0.05, 0) is 19.3 Å². The molecule has 1 saturated heterocycles. The monoisotopic (exact) mass is 273 g/mol. The fourth-order valence-electron chi connectivity index (χ4n) is 1.87. The van der Waals surface area contributed by atoms with E-state index in [2.05, 4.69) is 5.32 Å². The minimum absolute atomic E-state index is 0.143. The van der Waals surface area contributed by atoms with E-state index in [4.69, 9.17) is 15.6 Å². The Bertz CT molecular complexity index is 325. The van der Waals surface area contributed by atoms with E-state index in [-0.39, 0.29) is 6.10 Å². The van der Waals surface area contributed by atoms with Crippen molar-refractivity contribution in [2.45, 2.75) is 25.4 Å². The van der Waals surface area contributed by atoms with Crippen molar-refractivity contribution in [2.75, 3.05) is 26.2 Å². The molecule has 0 saturated carbocycles. The van der Waals surface area contributed by atoms with Crippen LogP contribution in [0.3, 0.4) is 0 Å². The molecule has 1 heterocycles. The summed E-state index contributed by atoms with van der Waals surface area (Å²) in [6.45, 7) is 0.135. The summed E-state index contributed by atoms with van der Waals surface area (Å²) in [4.78, 5) is 33.9. The van der Waals surface area contributed by atoms with Crippen LogP contribution in [0.4, 0.5) is 4.79 Å². The lowest BCUT2D eigenvalue weighted by atomic mass is 10.2. The number of carboxylic acid groups (broad SMARTS) is 1. The molecule has 0 aromatic heterocycles. The SMILES string of the molecule is NC(=O)CN(CC(=O)O)C(=O)NCCC1CCCO1. The maximum atomic E-state index is 11.7. The van der Waals surface area contributed by atoms with E-state index in [0.29, 0.717) is 13.0 Å². The molecule has 0 aromatic rings. The Kier molecular flexibility index (Phi) is 6.07. The molecule has 4 N–H and O–H groups in total. The third-order valence-electron chi connectivity index (χ3n) is 2.73. The summed E-state index contributed by atoms with van der Waals surface area (Å²) >= 11 is 0. The lowest BCUT2D eigenvalue weighted by Crippen LogP contribution is -2.47. The quantitative estimate of drug-likeness (QED) is 0.557. The standard InChI is InChI=1S/C11H19N3O5/c12-9(15)6-14(7-10(16)17)11(18)13-4-3-8-2-1-5-19-8/h8H,1-7H2,(H2,12,15)(H,13,18)(H,16,17). The highest BCUT2D eigenvalue weighted by Crippen LogP contribution is 2.14. The van der Waals surface area contributed by atoms with Gasteiger partial charge in [-0.15, -0.1) is 0 Å². The van der Waals surface area contributed by atoms with Crippen molar-refractivity contribution in [3.05, 3.63) is 0 Å². The predicted octanol–water partition coefficient (Wildman–Crippen LogP) is -0.863. The second-order valence-corrected chi connectivity index (χ2v) is 4.37. The highest BCUT2D eigenvalue weighted by Gasteiger charge is 2.20. The van der Waals surface area contributed by atoms with Crippen LogP contribution in [-0.4, -0.2) is 60.3 Å². The molecular weight excluding hydrogens is 254 g/mol. The van der Waals surface area contributed by atoms with Crippen LogP contribution in [-0.2, 0) is 14.3 Å². The number of nitrogens with two attached hydrogens (primary N) is 1. The first-order chi connectivity index (χ1) is 8.99. The van der Waals surface area contributed by atoms with Crippen LogP contribution in [0.1, 0.15) is 19.3 Å². The van der Waals surface area contributed by atoms with E-state index >= 15 is 0 Å². The number of rotatable bonds is 7. The maximum absolute atomic E-state index is 11.7. The molecular formula is C11H19N3O5. The average Bonchev–Trinajstić information content (AvgIpc) is 2.79. The van der Waals surface area contributed by atoms with Crippen molar-refractivity contribution in [1.29, 1.82) is 0 Å². The number of aliphatic carboxylic acids is 1. The van der Waals surface area contributed by atoms with Gasteiger partial charge in [0.2, 0.25) is 5.91 Å². The fourth-order valence-corrected chi connectivity index (χ4v) is 1.87. The smallest absolute Gasteiger partial charge is 0.323 e. The Morgan fingerprint density at radius 3 is 2.63 bits per heavy atom. The second-order valence-electron chi connectivity index (χ2n) is 4.37. The number of nitrogens with zero attached hydrogens (tertiary/aromatic N) is 1. The zero-order valence-corrected chi connectivity index (χ0v) is 10.6. The van der Waals surface area contributed by atoms with E-state index < -0.39 is 31.0 Å². The van der Waals surface area contributed by atoms with Gasteiger partial charge in [0.1, 0.15) is 13.1 Å². The van der Waals surface area contributed by atoms with Crippen molar-refractivity contribution in [1.82, 2.24) is 10.2 Å². The third kappa shape index (κ3) is 6.05. The summed E-state index contributed by atoms with van der Waals surface area (Å²) in [5.41, 5.74) is 4.96. The Hall–Kier alpha value is -1.83. The number of amides is 3. The number of primary amides is 1. The molecule has 3 amide bonds. The highest BCUT2D eigenvalue weighted by atomic mass is 16.5. The predicted molar refractivity (Wildman–Crippen MR) is 65.4 cm³/mol. The van der Waals surface area contributed by atoms with E-state index in [1.165, 1.54) is 0 Å². The van der Waals surface area contributed by atoms with Gasteiger partial charge >= 0.3 is 12.0 Å². The van der Waals surface area contributed by atoms with Crippen LogP contribution in [0, 0.1) is 0 Å². The van der Waals surface area contributed by atoms with Crippen molar-refractivity contribution in [3.8, 4) is 0 Å². The molecule has 19 heavy (non-hydrogen) atoms. The highest BCUT2D eigenvalue weighted by molar-refractivity contribution is 5.85. The molecule has 8 nitrogen and oxygen atoms in total. The number of hydrogen-bond donors (Lipinski definition) is 3. The van der Waals surface area contributed by atoms with Crippen LogP contribution in [0.2, 0.25) is 0 Å². The Balaban J connectivity index is 2.33. The zero-order valence-electron chi connectivity index (χ0n) is 10.6. The minimum atomic E-state index is -1.20. The van der Waals surface area contributed by atoms with E-state index in [0.717, 1.165) is 24.3 Å². The second kappa shape index (κ2) is 7.57. The lowest BCUT2D eigenvalue weighted by Gasteiger charge is -2.20. The number of carbonyl (C=O) groups excluding carboxylic acids is 2. The maximum Gasteiger partial charge on any atom is 0.323 e. The molecule has 0 bridgehead atoms. The van der Waals surface area contributed by atoms with Crippen molar-refractivity contribution in [2.24, 2.45) is 5.73 Å². The first-order valence-corrected chi connectivity index (χ1v) is 6.13. The van der Waals surface area contributed by atoms with Crippen LogP contribution >= 0.6 is 0 Å². The van der Waals surface area contributed by atoms with E-state index in [1.807, 2.05) is 0 Å². The Morgan fingerprint density at radius 2 is 2.11 bits per heavy atom. The molecule has 108 valence electrons. The van der Waals surface area contributed by atoms with Gasteiger partial charge in [0, 0.05) is 13.2 Å². The average molecular weight is 273 g/mol. The van der Waals surface area contributed by atoms with E-state index in [1.54, 1.807) is 0 Å². The summed E-state index contributed by atoms with van der Waals surface area (Å²) in [6, 6.07) is -0.612. The van der Waals surface area contributed by atoms with Gasteiger partial charge in [0.05, 0.1) is 6.10 Å².